The fourth-order valence-corrected chi connectivity index (χ4v) is 3.13. The van der Waals surface area contributed by atoms with Crippen LogP contribution in [0.3, 0.4) is 0 Å². The molecule has 0 radical (unpaired) electrons. The summed E-state index contributed by atoms with van der Waals surface area (Å²) < 4.78 is 6.49. The number of esters is 1. The van der Waals surface area contributed by atoms with Crippen molar-refractivity contribution in [3.05, 3.63) is 57.0 Å². The minimum atomic E-state index is -0.538. The van der Waals surface area contributed by atoms with Crippen LogP contribution in [0.4, 0.5) is 5.69 Å². The average Bonchev–Trinajstić information content (AvgIpc) is 3.10. The Bertz CT molecular complexity index is 1040. The van der Waals surface area contributed by atoms with Gasteiger partial charge in [-0.3, -0.25) is 9.59 Å². The van der Waals surface area contributed by atoms with Crippen molar-refractivity contribution in [2.45, 2.75) is 33.3 Å². The number of carbonyl (C=O) groups is 2. The van der Waals surface area contributed by atoms with E-state index in [9.17, 15) is 14.4 Å². The molecule has 3 aromatic rings. The summed E-state index contributed by atoms with van der Waals surface area (Å²) in [6.07, 6.45) is 1.09. The molecule has 0 atom stereocenters. The number of hydrogen-bond donors (Lipinski definition) is 1. The van der Waals surface area contributed by atoms with Gasteiger partial charge in [0.1, 0.15) is 11.6 Å². The van der Waals surface area contributed by atoms with Gasteiger partial charge in [0, 0.05) is 18.2 Å². The molecule has 9 heteroatoms. The first kappa shape index (κ1) is 18.7. The van der Waals surface area contributed by atoms with Crippen molar-refractivity contribution in [2.75, 3.05) is 5.32 Å². The Balaban J connectivity index is 1.67. The number of carbonyl (C=O) groups excluding carboxylic acids is 2. The summed E-state index contributed by atoms with van der Waals surface area (Å²) in [4.78, 5) is 40.4. The Kier molecular flexibility index (Phi) is 5.60. The van der Waals surface area contributed by atoms with Gasteiger partial charge in [-0.25, -0.2) is 9.78 Å². The van der Waals surface area contributed by atoms with Gasteiger partial charge >= 0.3 is 5.97 Å². The number of nitrogens with one attached hydrogen (secondary N) is 1. The zero-order chi connectivity index (χ0) is 19.4. The monoisotopic (exact) mass is 386 g/mol. The van der Waals surface area contributed by atoms with Crippen molar-refractivity contribution in [1.82, 2.24) is 14.6 Å². The number of aryl methyl sites for hydroxylation is 1. The van der Waals surface area contributed by atoms with Crippen LogP contribution in [0.5, 0.6) is 0 Å². The van der Waals surface area contributed by atoms with Crippen LogP contribution in [-0.4, -0.2) is 26.5 Å². The molecule has 27 heavy (non-hydrogen) atoms. The lowest BCUT2D eigenvalue weighted by molar-refractivity contribution is -0.115. The van der Waals surface area contributed by atoms with Gasteiger partial charge in [-0.2, -0.15) is 9.61 Å². The summed E-state index contributed by atoms with van der Waals surface area (Å²) in [6.45, 7) is 3.59. The van der Waals surface area contributed by atoms with Crippen LogP contribution in [-0.2, 0) is 22.6 Å². The van der Waals surface area contributed by atoms with Gasteiger partial charge in [0.05, 0.1) is 11.3 Å². The molecule has 0 aliphatic rings. The second-order valence-electron chi connectivity index (χ2n) is 5.68. The number of fused-ring (bicyclic) bond motifs is 1. The van der Waals surface area contributed by atoms with Crippen molar-refractivity contribution in [3.63, 3.8) is 0 Å². The normalized spacial score (nSPS) is 10.7. The maximum atomic E-state index is 12.2. The second-order valence-corrected chi connectivity index (χ2v) is 6.73. The Morgan fingerprint density at radius 2 is 1.96 bits per heavy atom. The van der Waals surface area contributed by atoms with Gasteiger partial charge in [-0.05, 0) is 30.7 Å². The molecule has 0 saturated carbocycles. The third-order valence-electron chi connectivity index (χ3n) is 3.72. The first-order valence-corrected chi connectivity index (χ1v) is 9.27. The number of ether oxygens (including phenoxy) is 1. The Labute approximate surface area is 158 Å². The molecule has 1 aromatic carbocycles. The molecule has 8 nitrogen and oxygen atoms in total. The summed E-state index contributed by atoms with van der Waals surface area (Å²) in [7, 11) is 0. The molecule has 2 heterocycles. The second kappa shape index (κ2) is 8.09. The van der Waals surface area contributed by atoms with E-state index in [4.69, 9.17) is 4.74 Å². The molecule has 1 N–H and O–H groups in total. The standard InChI is InChI=1S/C18H18N4O4S/c1-3-14(23)19-12-7-5-11(6-8-12)17(25)26-10-13-9-16(24)22-18(20-13)27-15(4-2)21-22/h5-9H,3-4,10H2,1-2H3,(H,19,23). The molecule has 3 rings (SSSR count). The van der Waals surface area contributed by atoms with Crippen LogP contribution in [0, 0.1) is 0 Å². The molecule has 0 unspecified atom stereocenters. The predicted molar refractivity (Wildman–Crippen MR) is 101 cm³/mol. The highest BCUT2D eigenvalue weighted by Gasteiger charge is 2.11. The highest BCUT2D eigenvalue weighted by Crippen LogP contribution is 2.14. The molecule has 0 bridgehead atoms. The fourth-order valence-electron chi connectivity index (χ4n) is 2.27. The zero-order valence-corrected chi connectivity index (χ0v) is 15.7. The van der Waals surface area contributed by atoms with E-state index in [0.29, 0.717) is 34.7 Å². The van der Waals surface area contributed by atoms with Crippen LogP contribution in [0.2, 0.25) is 0 Å². The van der Waals surface area contributed by atoms with E-state index in [-0.39, 0.29) is 18.1 Å². The van der Waals surface area contributed by atoms with Gasteiger partial charge in [0.15, 0.2) is 0 Å². The first-order chi connectivity index (χ1) is 13.0. The smallest absolute Gasteiger partial charge is 0.338 e. The topological polar surface area (TPSA) is 103 Å². The van der Waals surface area contributed by atoms with E-state index in [1.165, 1.54) is 21.9 Å². The minimum absolute atomic E-state index is 0.104. The van der Waals surface area contributed by atoms with Crippen LogP contribution in [0.15, 0.2) is 35.1 Å². The van der Waals surface area contributed by atoms with Crippen molar-refractivity contribution in [3.8, 4) is 0 Å². The number of rotatable bonds is 6. The summed E-state index contributed by atoms with van der Waals surface area (Å²) in [6, 6.07) is 7.70. The minimum Gasteiger partial charge on any atom is -0.456 e. The van der Waals surface area contributed by atoms with E-state index >= 15 is 0 Å². The molecule has 0 aliphatic heterocycles. The number of aromatic nitrogens is 3. The maximum absolute atomic E-state index is 12.2. The number of amides is 1. The Morgan fingerprint density at radius 1 is 1.22 bits per heavy atom. The predicted octanol–water partition coefficient (Wildman–Crippen LogP) is 2.42. The number of anilines is 1. The van der Waals surface area contributed by atoms with Gasteiger partial charge in [-0.1, -0.05) is 25.2 Å². The Hall–Kier alpha value is -3.07. The van der Waals surface area contributed by atoms with Crippen LogP contribution >= 0.6 is 11.3 Å². The van der Waals surface area contributed by atoms with E-state index in [1.807, 2.05) is 6.92 Å². The van der Waals surface area contributed by atoms with Crippen molar-refractivity contribution in [2.24, 2.45) is 0 Å². The lowest BCUT2D eigenvalue weighted by atomic mass is 10.2. The van der Waals surface area contributed by atoms with E-state index in [0.717, 1.165) is 5.01 Å². The average molecular weight is 386 g/mol. The molecule has 2 aromatic heterocycles. The fraction of sp³-hybridized carbons (Fsp3) is 0.278. The first-order valence-electron chi connectivity index (χ1n) is 8.46. The lowest BCUT2D eigenvalue weighted by Crippen LogP contribution is -2.16. The highest BCUT2D eigenvalue weighted by atomic mass is 32.1. The quantitative estimate of drug-likeness (QED) is 0.653. The van der Waals surface area contributed by atoms with Gasteiger partial charge in [-0.15, -0.1) is 0 Å². The number of benzene rings is 1. The third-order valence-corrected chi connectivity index (χ3v) is 4.77. The number of nitrogens with zero attached hydrogens (tertiary/aromatic N) is 3. The van der Waals surface area contributed by atoms with Crippen molar-refractivity contribution < 1.29 is 14.3 Å². The summed E-state index contributed by atoms with van der Waals surface area (Å²) in [5.74, 6) is -0.642. The molecular formula is C18H18N4O4S. The van der Waals surface area contributed by atoms with Gasteiger partial charge < -0.3 is 10.1 Å². The van der Waals surface area contributed by atoms with Crippen LogP contribution in [0.25, 0.3) is 4.96 Å². The Morgan fingerprint density at radius 3 is 2.63 bits per heavy atom. The van der Waals surface area contributed by atoms with Crippen LogP contribution in [0.1, 0.15) is 41.3 Å². The highest BCUT2D eigenvalue weighted by molar-refractivity contribution is 7.16. The molecule has 0 aliphatic carbocycles. The van der Waals surface area contributed by atoms with E-state index in [1.54, 1.807) is 31.2 Å². The van der Waals surface area contributed by atoms with E-state index in [2.05, 4.69) is 15.4 Å². The van der Waals surface area contributed by atoms with Gasteiger partial charge in [0.2, 0.25) is 10.9 Å². The maximum Gasteiger partial charge on any atom is 0.338 e. The summed E-state index contributed by atoms with van der Waals surface area (Å²) in [5, 5.41) is 7.68. The molecule has 140 valence electrons. The van der Waals surface area contributed by atoms with Crippen molar-refractivity contribution in [1.29, 1.82) is 0 Å². The largest absolute Gasteiger partial charge is 0.456 e. The lowest BCUT2D eigenvalue weighted by Gasteiger charge is -2.06. The van der Waals surface area contributed by atoms with Crippen molar-refractivity contribution >= 4 is 33.9 Å². The number of hydrogen-bond acceptors (Lipinski definition) is 7. The SMILES string of the molecule is CCC(=O)Nc1ccc(C(=O)OCc2cc(=O)n3nc(CC)sc3n2)cc1. The summed E-state index contributed by atoms with van der Waals surface area (Å²) >= 11 is 1.33. The van der Waals surface area contributed by atoms with Gasteiger partial charge in [0.25, 0.3) is 5.56 Å². The molecule has 0 saturated heterocycles. The molecule has 1 amide bonds. The zero-order valence-electron chi connectivity index (χ0n) is 14.9. The molecular weight excluding hydrogens is 368 g/mol. The molecule has 0 spiro atoms. The molecule has 0 fully saturated rings. The van der Waals surface area contributed by atoms with E-state index < -0.39 is 5.97 Å². The summed E-state index contributed by atoms with van der Waals surface area (Å²) in [5.41, 5.74) is 1.01. The van der Waals surface area contributed by atoms with Crippen LogP contribution < -0.4 is 10.9 Å². The third kappa shape index (κ3) is 4.37.